The van der Waals surface area contributed by atoms with Gasteiger partial charge in [0.2, 0.25) is 0 Å². The third-order valence-electron chi connectivity index (χ3n) is 5.68. The molecule has 1 amide bonds. The van der Waals surface area contributed by atoms with Crippen LogP contribution in [0, 0.1) is 12.8 Å². The lowest BCUT2D eigenvalue weighted by Crippen LogP contribution is -2.41. The lowest BCUT2D eigenvalue weighted by atomic mass is 9.86. The van der Waals surface area contributed by atoms with E-state index in [4.69, 9.17) is 0 Å². The average Bonchev–Trinajstić information content (AvgIpc) is 2.96. The number of aromatic nitrogens is 3. The van der Waals surface area contributed by atoms with E-state index in [0.29, 0.717) is 28.3 Å². The van der Waals surface area contributed by atoms with E-state index in [0.717, 1.165) is 24.8 Å². The number of nitrogens with zero attached hydrogens (tertiary/aromatic N) is 3. The Labute approximate surface area is 151 Å². The fourth-order valence-corrected chi connectivity index (χ4v) is 4.02. The SMILES string of the molecule is Cc1cccn2c(=O)c3cc(C(=O)N[C@@H]4CCCC[C@H]4C)n(C)c3nc12. The first-order valence-electron chi connectivity index (χ1n) is 9.25. The van der Waals surface area contributed by atoms with Crippen molar-refractivity contribution >= 4 is 22.6 Å². The van der Waals surface area contributed by atoms with Crippen molar-refractivity contribution in [2.75, 3.05) is 0 Å². The number of aryl methyl sites for hydroxylation is 2. The van der Waals surface area contributed by atoms with Crippen molar-refractivity contribution in [3.63, 3.8) is 0 Å². The molecule has 6 heteroatoms. The third kappa shape index (κ3) is 2.60. The van der Waals surface area contributed by atoms with Gasteiger partial charge in [-0.3, -0.25) is 14.0 Å². The van der Waals surface area contributed by atoms with E-state index in [1.807, 2.05) is 19.1 Å². The standard InChI is InChI=1S/C20H24N4O2/c1-12-7-4-5-9-15(12)21-19(25)16-11-14-18(23(16)3)22-17-13(2)8-6-10-24(17)20(14)26/h6,8,10-12,15H,4-5,7,9H2,1-3H3,(H,21,25)/t12-,15-/m1/s1. The number of hydrogen-bond acceptors (Lipinski definition) is 3. The molecule has 0 unspecified atom stereocenters. The summed E-state index contributed by atoms with van der Waals surface area (Å²) < 4.78 is 3.27. The van der Waals surface area contributed by atoms with Gasteiger partial charge >= 0.3 is 0 Å². The van der Waals surface area contributed by atoms with Gasteiger partial charge in [-0.25, -0.2) is 4.98 Å². The number of carbonyl (C=O) groups is 1. The highest BCUT2D eigenvalue weighted by Crippen LogP contribution is 2.24. The predicted molar refractivity (Wildman–Crippen MR) is 102 cm³/mol. The van der Waals surface area contributed by atoms with Crippen molar-refractivity contribution in [2.45, 2.75) is 45.6 Å². The van der Waals surface area contributed by atoms with Crippen LogP contribution in [0.4, 0.5) is 0 Å². The van der Waals surface area contributed by atoms with Crippen LogP contribution in [0.1, 0.15) is 48.7 Å². The van der Waals surface area contributed by atoms with Crippen LogP contribution in [0.25, 0.3) is 16.7 Å². The number of carbonyl (C=O) groups excluding carboxylic acids is 1. The van der Waals surface area contributed by atoms with E-state index in [9.17, 15) is 9.59 Å². The van der Waals surface area contributed by atoms with Gasteiger partial charge in [0, 0.05) is 19.3 Å². The van der Waals surface area contributed by atoms with Gasteiger partial charge in [0.25, 0.3) is 11.5 Å². The number of rotatable bonds is 2. The van der Waals surface area contributed by atoms with Crippen LogP contribution in [0.2, 0.25) is 0 Å². The Bertz CT molecular complexity index is 1060. The molecule has 0 aliphatic heterocycles. The molecule has 0 radical (unpaired) electrons. The maximum absolute atomic E-state index is 12.9. The topological polar surface area (TPSA) is 68.4 Å². The normalized spacial score (nSPS) is 20.6. The van der Waals surface area contributed by atoms with E-state index >= 15 is 0 Å². The van der Waals surface area contributed by atoms with Crippen molar-refractivity contribution in [3.8, 4) is 0 Å². The van der Waals surface area contributed by atoms with Crippen LogP contribution < -0.4 is 10.9 Å². The first-order valence-corrected chi connectivity index (χ1v) is 9.25. The Balaban J connectivity index is 1.79. The number of pyridine rings is 1. The Morgan fingerprint density at radius 3 is 2.81 bits per heavy atom. The molecule has 2 atom stereocenters. The first kappa shape index (κ1) is 16.8. The molecule has 6 nitrogen and oxygen atoms in total. The summed E-state index contributed by atoms with van der Waals surface area (Å²) >= 11 is 0. The lowest BCUT2D eigenvalue weighted by Gasteiger charge is -2.29. The molecule has 0 spiro atoms. The smallest absolute Gasteiger partial charge is 0.268 e. The second kappa shape index (κ2) is 6.27. The molecule has 1 saturated carbocycles. The third-order valence-corrected chi connectivity index (χ3v) is 5.68. The highest BCUT2D eigenvalue weighted by atomic mass is 16.2. The number of hydrogen-bond donors (Lipinski definition) is 1. The van der Waals surface area contributed by atoms with E-state index < -0.39 is 0 Å². The number of nitrogens with one attached hydrogen (secondary N) is 1. The van der Waals surface area contributed by atoms with Gasteiger partial charge < -0.3 is 9.88 Å². The van der Waals surface area contributed by atoms with E-state index in [-0.39, 0.29) is 17.5 Å². The first-order chi connectivity index (χ1) is 12.5. The summed E-state index contributed by atoms with van der Waals surface area (Å²) in [7, 11) is 1.79. The van der Waals surface area contributed by atoms with E-state index in [1.165, 1.54) is 6.42 Å². The fraction of sp³-hybridized carbons (Fsp3) is 0.450. The summed E-state index contributed by atoms with van der Waals surface area (Å²) in [6, 6.07) is 5.62. The van der Waals surface area contributed by atoms with Gasteiger partial charge in [0.1, 0.15) is 17.0 Å². The van der Waals surface area contributed by atoms with Crippen LogP contribution in [0.3, 0.4) is 0 Å². The molecule has 1 aliphatic rings. The fourth-order valence-electron chi connectivity index (χ4n) is 4.02. The van der Waals surface area contributed by atoms with Crippen molar-refractivity contribution in [1.29, 1.82) is 0 Å². The van der Waals surface area contributed by atoms with Crippen LogP contribution in [0.15, 0.2) is 29.2 Å². The number of fused-ring (bicyclic) bond motifs is 2. The van der Waals surface area contributed by atoms with Gasteiger partial charge in [-0.05, 0) is 43.4 Å². The van der Waals surface area contributed by atoms with Crippen molar-refractivity contribution in [3.05, 3.63) is 46.0 Å². The molecule has 26 heavy (non-hydrogen) atoms. The average molecular weight is 352 g/mol. The largest absolute Gasteiger partial charge is 0.348 e. The molecule has 3 heterocycles. The lowest BCUT2D eigenvalue weighted by molar-refractivity contribution is 0.0902. The Kier molecular flexibility index (Phi) is 4.05. The van der Waals surface area contributed by atoms with Crippen molar-refractivity contribution in [1.82, 2.24) is 19.3 Å². The molecule has 0 aromatic carbocycles. The van der Waals surface area contributed by atoms with Crippen molar-refractivity contribution < 1.29 is 4.79 Å². The second-order valence-electron chi connectivity index (χ2n) is 7.47. The van der Waals surface area contributed by atoms with Crippen LogP contribution >= 0.6 is 0 Å². The summed E-state index contributed by atoms with van der Waals surface area (Å²) in [5.74, 6) is 0.353. The summed E-state index contributed by atoms with van der Waals surface area (Å²) in [6.07, 6.45) is 6.26. The minimum Gasteiger partial charge on any atom is -0.348 e. The molecule has 3 aromatic rings. The molecule has 136 valence electrons. The maximum Gasteiger partial charge on any atom is 0.268 e. The monoisotopic (exact) mass is 352 g/mol. The van der Waals surface area contributed by atoms with Gasteiger partial charge in [-0.15, -0.1) is 0 Å². The van der Waals surface area contributed by atoms with Crippen molar-refractivity contribution in [2.24, 2.45) is 13.0 Å². The van der Waals surface area contributed by atoms with Crippen LogP contribution in [-0.4, -0.2) is 25.9 Å². The molecule has 0 bridgehead atoms. The molecular weight excluding hydrogens is 328 g/mol. The number of amides is 1. The highest BCUT2D eigenvalue weighted by Gasteiger charge is 2.25. The summed E-state index contributed by atoms with van der Waals surface area (Å²) in [4.78, 5) is 30.3. The summed E-state index contributed by atoms with van der Waals surface area (Å²) in [5.41, 5.74) is 2.44. The minimum atomic E-state index is -0.144. The Hall–Kier alpha value is -2.63. The zero-order valence-corrected chi connectivity index (χ0v) is 15.5. The second-order valence-corrected chi connectivity index (χ2v) is 7.47. The quantitative estimate of drug-likeness (QED) is 0.771. The molecule has 1 N–H and O–H groups in total. The van der Waals surface area contributed by atoms with E-state index in [2.05, 4.69) is 17.2 Å². The molecule has 4 rings (SSSR count). The van der Waals surface area contributed by atoms with Gasteiger partial charge in [0.05, 0.1) is 5.39 Å². The molecule has 3 aromatic heterocycles. The Morgan fingerprint density at radius 1 is 1.27 bits per heavy atom. The predicted octanol–water partition coefficient (Wildman–Crippen LogP) is 2.80. The zero-order chi connectivity index (χ0) is 18.4. The summed E-state index contributed by atoms with van der Waals surface area (Å²) in [6.45, 7) is 4.11. The molecule has 1 aliphatic carbocycles. The van der Waals surface area contributed by atoms with Crippen LogP contribution in [0.5, 0.6) is 0 Å². The highest BCUT2D eigenvalue weighted by molar-refractivity contribution is 5.98. The van der Waals surface area contributed by atoms with E-state index in [1.54, 1.807) is 28.3 Å². The summed E-state index contributed by atoms with van der Waals surface area (Å²) in [5, 5.41) is 3.63. The zero-order valence-electron chi connectivity index (χ0n) is 15.5. The Morgan fingerprint density at radius 2 is 2.04 bits per heavy atom. The van der Waals surface area contributed by atoms with Gasteiger partial charge in [0.15, 0.2) is 0 Å². The van der Waals surface area contributed by atoms with Gasteiger partial charge in [-0.1, -0.05) is 25.8 Å². The minimum absolute atomic E-state index is 0.130. The maximum atomic E-state index is 12.9. The van der Waals surface area contributed by atoms with Crippen LogP contribution in [-0.2, 0) is 7.05 Å². The van der Waals surface area contributed by atoms with Gasteiger partial charge in [-0.2, -0.15) is 0 Å². The molecule has 0 saturated heterocycles. The molecular formula is C20H24N4O2. The molecule has 1 fully saturated rings.